The van der Waals surface area contributed by atoms with E-state index >= 15 is 0 Å². The van der Waals surface area contributed by atoms with Crippen LogP contribution in [0.5, 0.6) is 5.88 Å². The Hall–Kier alpha value is -3.10. The molecule has 0 saturated carbocycles. The number of aryl methyl sites for hydroxylation is 3. The van der Waals surface area contributed by atoms with Crippen LogP contribution in [0.2, 0.25) is 10.0 Å². The predicted octanol–water partition coefficient (Wildman–Crippen LogP) is 4.15. The Bertz CT molecular complexity index is 1280. The Morgan fingerprint density at radius 2 is 2.00 bits per heavy atom. The van der Waals surface area contributed by atoms with Crippen molar-refractivity contribution in [1.29, 1.82) is 0 Å². The molecular formula is C21H20Cl2N6O2. The van der Waals surface area contributed by atoms with E-state index in [0.29, 0.717) is 33.9 Å². The number of carbonyl (C=O) groups excluding carboxylic acids is 1. The van der Waals surface area contributed by atoms with Crippen LogP contribution in [0.3, 0.4) is 0 Å². The smallest absolute Gasteiger partial charge is 0.263 e. The molecule has 0 aliphatic carbocycles. The van der Waals surface area contributed by atoms with Gasteiger partial charge in [-0.2, -0.15) is 5.10 Å². The lowest BCUT2D eigenvalue weighted by Gasteiger charge is -2.11. The van der Waals surface area contributed by atoms with E-state index in [0.717, 1.165) is 22.2 Å². The molecule has 1 aromatic carbocycles. The summed E-state index contributed by atoms with van der Waals surface area (Å²) in [5.74, 6) is 0.568. The van der Waals surface area contributed by atoms with Crippen molar-refractivity contribution in [2.45, 2.75) is 20.4 Å². The first-order chi connectivity index (χ1) is 14.8. The molecule has 8 nitrogen and oxygen atoms in total. The van der Waals surface area contributed by atoms with Gasteiger partial charge in [0, 0.05) is 28.9 Å². The van der Waals surface area contributed by atoms with Gasteiger partial charge in [-0.15, -0.1) is 5.10 Å². The molecule has 0 aliphatic heterocycles. The summed E-state index contributed by atoms with van der Waals surface area (Å²) in [5.41, 5.74) is 3.43. The lowest BCUT2D eigenvalue weighted by Crippen LogP contribution is -2.22. The highest BCUT2D eigenvalue weighted by atomic mass is 35.5. The summed E-state index contributed by atoms with van der Waals surface area (Å²) in [5, 5.41) is 13.3. The highest BCUT2D eigenvalue weighted by Crippen LogP contribution is 2.27. The Labute approximate surface area is 188 Å². The number of ether oxygens (including phenoxy) is 1. The van der Waals surface area contributed by atoms with Crippen LogP contribution in [0.4, 0.5) is 5.82 Å². The number of halogens is 2. The number of hydrogen-bond acceptors (Lipinski definition) is 5. The molecule has 31 heavy (non-hydrogen) atoms. The van der Waals surface area contributed by atoms with E-state index in [1.807, 2.05) is 26.0 Å². The van der Waals surface area contributed by atoms with Gasteiger partial charge in [-0.05, 0) is 43.2 Å². The Morgan fingerprint density at radius 3 is 2.77 bits per heavy atom. The summed E-state index contributed by atoms with van der Waals surface area (Å²) in [4.78, 5) is 17.0. The second-order valence-electron chi connectivity index (χ2n) is 7.15. The monoisotopic (exact) mass is 458 g/mol. The van der Waals surface area contributed by atoms with Gasteiger partial charge < -0.3 is 10.1 Å². The minimum absolute atomic E-state index is 0.202. The predicted molar refractivity (Wildman–Crippen MR) is 120 cm³/mol. The standard InChI is InChI=1S/C21H20Cl2N6O2/c1-12-8-13(2)25-20-19(12)21(27-28(20)3)31-11-18(30)26-17-6-7-24-29(17)10-14-4-5-15(22)9-16(14)23/h4-9H,10-11H2,1-3H3,(H,26,30). The van der Waals surface area contributed by atoms with Gasteiger partial charge in [0.25, 0.3) is 5.91 Å². The highest BCUT2D eigenvalue weighted by Gasteiger charge is 2.16. The molecule has 1 N–H and O–H groups in total. The third kappa shape index (κ3) is 4.50. The molecule has 160 valence electrons. The quantitative estimate of drug-likeness (QED) is 0.468. The van der Waals surface area contributed by atoms with E-state index in [4.69, 9.17) is 27.9 Å². The van der Waals surface area contributed by atoms with E-state index in [-0.39, 0.29) is 12.5 Å². The number of fused-ring (bicyclic) bond motifs is 1. The number of nitrogens with zero attached hydrogens (tertiary/aromatic N) is 5. The molecule has 10 heteroatoms. The first kappa shape index (κ1) is 21.1. The molecule has 0 bridgehead atoms. The molecule has 3 heterocycles. The van der Waals surface area contributed by atoms with E-state index in [2.05, 4.69) is 20.5 Å². The van der Waals surface area contributed by atoms with Crippen LogP contribution in [0.15, 0.2) is 36.5 Å². The van der Waals surface area contributed by atoms with Gasteiger partial charge in [-0.3, -0.25) is 4.79 Å². The zero-order valence-electron chi connectivity index (χ0n) is 17.2. The molecular weight excluding hydrogens is 439 g/mol. The van der Waals surface area contributed by atoms with Gasteiger partial charge in [-0.25, -0.2) is 14.3 Å². The number of nitrogens with one attached hydrogen (secondary N) is 1. The van der Waals surface area contributed by atoms with Crippen molar-refractivity contribution in [3.05, 3.63) is 63.4 Å². The van der Waals surface area contributed by atoms with Crippen LogP contribution in [-0.4, -0.2) is 37.1 Å². The molecule has 4 rings (SSSR count). The van der Waals surface area contributed by atoms with Crippen LogP contribution < -0.4 is 10.1 Å². The van der Waals surface area contributed by atoms with Crippen LogP contribution in [0, 0.1) is 13.8 Å². The maximum absolute atomic E-state index is 12.5. The third-order valence-corrected chi connectivity index (χ3v) is 5.33. The summed E-state index contributed by atoms with van der Waals surface area (Å²) in [6, 6.07) is 8.91. The number of pyridine rings is 1. The lowest BCUT2D eigenvalue weighted by atomic mass is 10.2. The number of carbonyl (C=O) groups is 1. The fraction of sp³-hybridized carbons (Fsp3) is 0.238. The lowest BCUT2D eigenvalue weighted by molar-refractivity contribution is -0.118. The van der Waals surface area contributed by atoms with Crippen molar-refractivity contribution in [3.8, 4) is 5.88 Å². The zero-order chi connectivity index (χ0) is 22.1. The Kier molecular flexibility index (Phi) is 5.84. The van der Waals surface area contributed by atoms with E-state index in [9.17, 15) is 4.79 Å². The van der Waals surface area contributed by atoms with E-state index < -0.39 is 0 Å². The van der Waals surface area contributed by atoms with Crippen LogP contribution in [-0.2, 0) is 18.4 Å². The summed E-state index contributed by atoms with van der Waals surface area (Å²) >= 11 is 12.2. The summed E-state index contributed by atoms with van der Waals surface area (Å²) in [6.07, 6.45) is 1.60. The first-order valence-electron chi connectivity index (χ1n) is 9.51. The molecule has 0 radical (unpaired) electrons. The maximum Gasteiger partial charge on any atom is 0.263 e. The highest BCUT2D eigenvalue weighted by molar-refractivity contribution is 6.35. The largest absolute Gasteiger partial charge is 0.466 e. The zero-order valence-corrected chi connectivity index (χ0v) is 18.7. The van der Waals surface area contributed by atoms with Gasteiger partial charge in [0.05, 0.1) is 18.1 Å². The number of aromatic nitrogens is 5. The van der Waals surface area contributed by atoms with Crippen molar-refractivity contribution >= 4 is 46.0 Å². The SMILES string of the molecule is Cc1cc(C)c2c(OCC(=O)Nc3ccnn3Cc3ccc(Cl)cc3Cl)nn(C)c2n1. The summed E-state index contributed by atoms with van der Waals surface area (Å²) < 4.78 is 9.00. The Morgan fingerprint density at radius 1 is 1.19 bits per heavy atom. The summed E-state index contributed by atoms with van der Waals surface area (Å²) in [6.45, 7) is 4.07. The molecule has 0 unspecified atom stereocenters. The van der Waals surface area contributed by atoms with Crippen LogP contribution in [0.25, 0.3) is 11.0 Å². The van der Waals surface area contributed by atoms with Crippen molar-refractivity contribution in [3.63, 3.8) is 0 Å². The number of amides is 1. The minimum Gasteiger partial charge on any atom is -0.466 e. The van der Waals surface area contributed by atoms with Crippen molar-refractivity contribution in [1.82, 2.24) is 24.5 Å². The normalized spacial score (nSPS) is 11.1. The maximum atomic E-state index is 12.5. The van der Waals surface area contributed by atoms with Crippen molar-refractivity contribution < 1.29 is 9.53 Å². The van der Waals surface area contributed by atoms with Crippen molar-refractivity contribution in [2.75, 3.05) is 11.9 Å². The average molecular weight is 459 g/mol. The molecule has 1 amide bonds. The fourth-order valence-corrected chi connectivity index (χ4v) is 3.81. The van der Waals surface area contributed by atoms with Gasteiger partial charge >= 0.3 is 0 Å². The number of anilines is 1. The average Bonchev–Trinajstić information content (AvgIpc) is 3.26. The summed E-state index contributed by atoms with van der Waals surface area (Å²) in [7, 11) is 1.79. The molecule has 0 aliphatic rings. The van der Waals surface area contributed by atoms with Gasteiger partial charge in [-0.1, -0.05) is 29.3 Å². The number of rotatable bonds is 6. The molecule has 0 fully saturated rings. The van der Waals surface area contributed by atoms with E-state index in [1.54, 1.807) is 40.8 Å². The third-order valence-electron chi connectivity index (χ3n) is 4.75. The second kappa shape index (κ2) is 8.56. The molecule has 0 spiro atoms. The molecule has 4 aromatic rings. The number of benzene rings is 1. The van der Waals surface area contributed by atoms with E-state index in [1.165, 1.54) is 0 Å². The minimum atomic E-state index is -0.333. The van der Waals surface area contributed by atoms with Crippen LogP contribution >= 0.6 is 23.2 Å². The topological polar surface area (TPSA) is 86.9 Å². The number of hydrogen-bond donors (Lipinski definition) is 1. The van der Waals surface area contributed by atoms with Crippen molar-refractivity contribution in [2.24, 2.45) is 7.05 Å². The van der Waals surface area contributed by atoms with Gasteiger partial charge in [0.15, 0.2) is 12.3 Å². The van der Waals surface area contributed by atoms with Gasteiger partial charge in [0.2, 0.25) is 5.88 Å². The fourth-order valence-electron chi connectivity index (χ4n) is 3.34. The molecule has 0 saturated heterocycles. The van der Waals surface area contributed by atoms with Gasteiger partial charge in [0.1, 0.15) is 5.82 Å². The Balaban J connectivity index is 1.45. The second-order valence-corrected chi connectivity index (χ2v) is 8.00. The van der Waals surface area contributed by atoms with Crippen LogP contribution in [0.1, 0.15) is 16.8 Å². The first-order valence-corrected chi connectivity index (χ1v) is 10.3. The molecule has 0 atom stereocenters. The molecule has 3 aromatic heterocycles.